The van der Waals surface area contributed by atoms with Gasteiger partial charge in [-0.25, -0.2) is 0 Å². The molecule has 0 aromatic rings. The van der Waals surface area contributed by atoms with Gasteiger partial charge in [0.2, 0.25) is 0 Å². The van der Waals surface area contributed by atoms with Crippen LogP contribution in [0.3, 0.4) is 0 Å². The normalized spacial score (nSPS) is 31.0. The highest BCUT2D eigenvalue weighted by atomic mass is 28.4. The molecule has 0 spiro atoms. The van der Waals surface area contributed by atoms with E-state index in [1.807, 2.05) is 0 Å². The van der Waals surface area contributed by atoms with E-state index in [0.29, 0.717) is 35.7 Å². The van der Waals surface area contributed by atoms with Gasteiger partial charge in [0.05, 0.1) is 6.10 Å². The van der Waals surface area contributed by atoms with E-state index >= 15 is 0 Å². The minimum Gasteiger partial charge on any atom is -0.414 e. The van der Waals surface area contributed by atoms with Gasteiger partial charge in [0.15, 0.2) is 22.9 Å². The molecule has 1 fully saturated rings. The zero-order valence-electron chi connectivity index (χ0n) is 20.3. The van der Waals surface area contributed by atoms with Crippen molar-refractivity contribution in [3.05, 3.63) is 0 Å². The molecule has 7 atom stereocenters. The maximum atomic E-state index is 6.57. The van der Waals surface area contributed by atoms with E-state index in [4.69, 9.17) is 13.6 Å². The van der Waals surface area contributed by atoms with Gasteiger partial charge in [-0.05, 0) is 75.8 Å². The highest BCUT2D eigenvalue weighted by Crippen LogP contribution is 2.37. The molecule has 1 rings (SSSR count). The van der Waals surface area contributed by atoms with E-state index in [9.17, 15) is 0 Å². The molecule has 0 aromatic carbocycles. The summed E-state index contributed by atoms with van der Waals surface area (Å²) in [7, 11) is -3.15. The lowest BCUT2D eigenvalue weighted by Crippen LogP contribution is -2.48. The van der Waals surface area contributed by atoms with Crippen LogP contribution in [0.15, 0.2) is 0 Å². The Morgan fingerprint density at radius 3 is 1.89 bits per heavy atom. The van der Waals surface area contributed by atoms with Crippen molar-refractivity contribution in [2.24, 2.45) is 29.6 Å². The van der Waals surface area contributed by atoms with Crippen molar-refractivity contribution in [3.8, 4) is 0 Å². The molecule has 0 aliphatic carbocycles. The van der Waals surface area contributed by atoms with Crippen molar-refractivity contribution in [3.63, 3.8) is 0 Å². The third kappa shape index (κ3) is 8.69. The molecule has 27 heavy (non-hydrogen) atoms. The monoisotopic (exact) mass is 416 g/mol. The summed E-state index contributed by atoms with van der Waals surface area (Å²) in [6.07, 6.45) is 2.93. The lowest BCUT2D eigenvalue weighted by Gasteiger charge is -2.44. The smallest absolute Gasteiger partial charge is 0.187 e. The molecule has 162 valence electrons. The third-order valence-electron chi connectivity index (χ3n) is 5.54. The summed E-state index contributed by atoms with van der Waals surface area (Å²) in [6.45, 7) is 27.6. The second-order valence-corrected chi connectivity index (χ2v) is 20.4. The molecule has 0 N–H and O–H groups in total. The van der Waals surface area contributed by atoms with Crippen molar-refractivity contribution in [2.45, 2.75) is 112 Å². The molecular formula is C22H48O3Si2. The Kier molecular flexibility index (Phi) is 9.28. The number of rotatable bonds is 9. The van der Waals surface area contributed by atoms with E-state index in [-0.39, 0.29) is 12.4 Å². The summed E-state index contributed by atoms with van der Waals surface area (Å²) >= 11 is 0. The van der Waals surface area contributed by atoms with Crippen molar-refractivity contribution in [2.75, 3.05) is 0 Å². The van der Waals surface area contributed by atoms with E-state index in [0.717, 1.165) is 6.42 Å². The predicted octanol–water partition coefficient (Wildman–Crippen LogP) is 6.76. The molecule has 1 aliphatic heterocycles. The molecular weight excluding hydrogens is 368 g/mol. The fourth-order valence-electron chi connectivity index (χ4n) is 4.61. The van der Waals surface area contributed by atoms with E-state index < -0.39 is 16.6 Å². The zero-order chi connectivity index (χ0) is 21.2. The van der Waals surface area contributed by atoms with Crippen LogP contribution in [-0.2, 0) is 13.6 Å². The van der Waals surface area contributed by atoms with Crippen LogP contribution in [0.2, 0.25) is 39.3 Å². The summed E-state index contributed by atoms with van der Waals surface area (Å²) in [5, 5.41) is 0. The van der Waals surface area contributed by atoms with Crippen LogP contribution in [0, 0.1) is 29.6 Å². The topological polar surface area (TPSA) is 27.7 Å². The predicted molar refractivity (Wildman–Crippen MR) is 122 cm³/mol. The minimum atomic E-state index is -1.60. The van der Waals surface area contributed by atoms with E-state index in [1.54, 1.807) is 0 Å². The lowest BCUT2D eigenvalue weighted by molar-refractivity contribution is -0.211. The van der Waals surface area contributed by atoms with Crippen LogP contribution in [0.25, 0.3) is 0 Å². The van der Waals surface area contributed by atoms with Gasteiger partial charge in [-0.3, -0.25) is 0 Å². The Morgan fingerprint density at radius 2 is 1.44 bits per heavy atom. The molecule has 0 saturated carbocycles. The maximum Gasteiger partial charge on any atom is 0.187 e. The largest absolute Gasteiger partial charge is 0.414 e. The first-order chi connectivity index (χ1) is 12.1. The van der Waals surface area contributed by atoms with Gasteiger partial charge in [0.1, 0.15) is 0 Å². The summed E-state index contributed by atoms with van der Waals surface area (Å²) < 4.78 is 19.5. The summed E-state index contributed by atoms with van der Waals surface area (Å²) in [5.41, 5.74) is 0. The standard InChI is InChI=1S/C22H48O3Si2/c1-15(2)20(24-26(7,8)9)16(3)13-17(4)21-18(5)14-19(6)22(23-21)25-27(10,11)12/h15-22H,13-14H2,1-12H3/t16-,17-,18-,19-,20-,21-,22?/m1/s1. The van der Waals surface area contributed by atoms with E-state index in [1.165, 1.54) is 6.42 Å². The van der Waals surface area contributed by atoms with Gasteiger partial charge in [0, 0.05) is 12.0 Å². The maximum absolute atomic E-state index is 6.57. The minimum absolute atomic E-state index is 0.0326. The molecule has 3 nitrogen and oxygen atoms in total. The van der Waals surface area contributed by atoms with Crippen LogP contribution >= 0.6 is 0 Å². The van der Waals surface area contributed by atoms with Crippen LogP contribution in [-0.4, -0.2) is 35.1 Å². The van der Waals surface area contributed by atoms with Gasteiger partial charge >= 0.3 is 0 Å². The van der Waals surface area contributed by atoms with Crippen LogP contribution in [0.5, 0.6) is 0 Å². The Morgan fingerprint density at radius 1 is 0.889 bits per heavy atom. The number of ether oxygens (including phenoxy) is 1. The molecule has 5 heteroatoms. The summed E-state index contributed by atoms with van der Waals surface area (Å²) in [6, 6.07) is 0. The van der Waals surface area contributed by atoms with Gasteiger partial charge in [-0.1, -0.05) is 41.5 Å². The van der Waals surface area contributed by atoms with Crippen molar-refractivity contribution < 1.29 is 13.6 Å². The molecule has 1 aliphatic rings. The van der Waals surface area contributed by atoms with Crippen molar-refractivity contribution in [1.82, 2.24) is 0 Å². The molecule has 0 radical (unpaired) electrons. The van der Waals surface area contributed by atoms with Gasteiger partial charge in [-0.15, -0.1) is 0 Å². The average Bonchev–Trinajstić information content (AvgIpc) is 2.44. The quantitative estimate of drug-likeness (QED) is 0.388. The van der Waals surface area contributed by atoms with Crippen LogP contribution < -0.4 is 0 Å². The van der Waals surface area contributed by atoms with Crippen molar-refractivity contribution in [1.29, 1.82) is 0 Å². The van der Waals surface area contributed by atoms with Crippen LogP contribution in [0.4, 0.5) is 0 Å². The SMILES string of the molecule is CC(C)[C@@H](O[Si](C)(C)C)[C@H](C)C[C@@H](C)[C@H]1OC(O[Si](C)(C)C)[C@H](C)C[C@H]1C. The number of hydrogen-bond donors (Lipinski definition) is 0. The molecule has 0 aromatic heterocycles. The Hall–Kier alpha value is 0.314. The molecule has 1 heterocycles. The van der Waals surface area contributed by atoms with Gasteiger partial charge < -0.3 is 13.6 Å². The second kappa shape index (κ2) is 9.88. The third-order valence-corrected chi connectivity index (χ3v) is 7.46. The Bertz CT molecular complexity index is 442. The highest BCUT2D eigenvalue weighted by Gasteiger charge is 2.40. The zero-order valence-corrected chi connectivity index (χ0v) is 22.3. The molecule has 1 saturated heterocycles. The Labute approximate surface area is 172 Å². The first-order valence-electron chi connectivity index (χ1n) is 11.1. The fraction of sp³-hybridized carbons (Fsp3) is 1.00. The first-order valence-corrected chi connectivity index (χ1v) is 17.9. The van der Waals surface area contributed by atoms with Gasteiger partial charge in [-0.2, -0.15) is 0 Å². The molecule has 0 amide bonds. The fourth-order valence-corrected chi connectivity index (χ4v) is 6.92. The van der Waals surface area contributed by atoms with Crippen molar-refractivity contribution >= 4 is 16.6 Å². The average molecular weight is 417 g/mol. The second-order valence-electron chi connectivity index (χ2n) is 11.5. The lowest BCUT2D eigenvalue weighted by atomic mass is 9.79. The Balaban J connectivity index is 2.79. The highest BCUT2D eigenvalue weighted by molar-refractivity contribution is 6.70. The molecule has 0 bridgehead atoms. The summed E-state index contributed by atoms with van der Waals surface area (Å²) in [5.74, 6) is 2.66. The first kappa shape index (κ1) is 25.4. The number of hydrogen-bond acceptors (Lipinski definition) is 3. The van der Waals surface area contributed by atoms with E-state index in [2.05, 4.69) is 80.8 Å². The molecule has 1 unspecified atom stereocenters. The van der Waals surface area contributed by atoms with Gasteiger partial charge in [0.25, 0.3) is 0 Å². The summed E-state index contributed by atoms with van der Waals surface area (Å²) in [4.78, 5) is 0. The van der Waals surface area contributed by atoms with Crippen LogP contribution in [0.1, 0.15) is 54.4 Å².